The van der Waals surface area contributed by atoms with Crippen molar-refractivity contribution in [3.63, 3.8) is 0 Å². The number of rotatable bonds is 6. The zero-order valence-electron chi connectivity index (χ0n) is 37.4. The number of thiophene rings is 1. The molecule has 0 spiro atoms. The van der Waals surface area contributed by atoms with Gasteiger partial charge in [0.2, 0.25) is 0 Å². The zero-order valence-corrected chi connectivity index (χ0v) is 38.2. The summed E-state index contributed by atoms with van der Waals surface area (Å²) in [6, 6.07) is 64.8. The summed E-state index contributed by atoms with van der Waals surface area (Å²) >= 11 is 1.83. The van der Waals surface area contributed by atoms with Crippen molar-refractivity contribution in [1.82, 2.24) is 29.1 Å². The number of benzene rings is 8. The van der Waals surface area contributed by atoms with Crippen LogP contribution in [0, 0.1) is 5.41 Å². The molecule has 0 radical (unpaired) electrons. The van der Waals surface area contributed by atoms with Crippen molar-refractivity contribution in [3.05, 3.63) is 193 Å². The highest BCUT2D eigenvalue weighted by molar-refractivity contribution is 7.21. The van der Waals surface area contributed by atoms with Crippen LogP contribution in [0.25, 0.3) is 110 Å². The van der Waals surface area contributed by atoms with Crippen LogP contribution < -0.4 is 0 Å². The molecule has 1 fully saturated rings. The summed E-state index contributed by atoms with van der Waals surface area (Å²) in [7, 11) is 0. The van der Waals surface area contributed by atoms with Crippen molar-refractivity contribution in [2.75, 3.05) is 0 Å². The predicted molar refractivity (Wildman–Crippen MR) is 277 cm³/mol. The van der Waals surface area contributed by atoms with Crippen LogP contribution in [0.3, 0.4) is 0 Å². The lowest BCUT2D eigenvalue weighted by molar-refractivity contribution is 0.227. The van der Waals surface area contributed by atoms with Crippen LogP contribution in [-0.2, 0) is 5.41 Å². The van der Waals surface area contributed by atoms with Crippen LogP contribution in [0.1, 0.15) is 50.9 Å². The SMILES string of the molecule is CC12CCC(c3nc4c(-c5ccc(-c6nc7ccccc7n6-c6ccccc6)c6ccccc56)sc(-c5ccc(-c6nc7ccccc7n6-c6ccccc6)c6ccccc56)c4nc31)C2(C)C. The van der Waals surface area contributed by atoms with E-state index in [0.717, 1.165) is 123 Å². The highest BCUT2D eigenvalue weighted by atomic mass is 32.1. The number of nitrogens with zero attached hydrogens (tertiary/aromatic N) is 6. The second-order valence-corrected chi connectivity index (χ2v) is 20.2. The molecule has 2 atom stereocenters. The van der Waals surface area contributed by atoms with Crippen LogP contribution in [-0.4, -0.2) is 29.1 Å². The Morgan fingerprint density at radius 2 is 0.866 bits per heavy atom. The quantitative estimate of drug-likeness (QED) is 0.167. The molecule has 67 heavy (non-hydrogen) atoms. The molecule has 2 aliphatic carbocycles. The lowest BCUT2D eigenvalue weighted by Crippen LogP contribution is -2.31. The number of aromatic nitrogens is 6. The summed E-state index contributed by atoms with van der Waals surface area (Å²) in [4.78, 5) is 24.6. The summed E-state index contributed by atoms with van der Waals surface area (Å²) in [5.41, 5.74) is 15.1. The van der Waals surface area contributed by atoms with Crippen LogP contribution in [0.5, 0.6) is 0 Å². The third kappa shape index (κ3) is 5.37. The number of imidazole rings is 2. The summed E-state index contributed by atoms with van der Waals surface area (Å²) in [6.07, 6.45) is 2.27. The first kappa shape index (κ1) is 38.5. The van der Waals surface area contributed by atoms with Crippen molar-refractivity contribution in [2.45, 2.75) is 44.9 Å². The fourth-order valence-electron chi connectivity index (χ4n) is 11.9. The van der Waals surface area contributed by atoms with Crippen molar-refractivity contribution in [3.8, 4) is 55.0 Å². The number of fused-ring (bicyclic) bond motifs is 10. The van der Waals surface area contributed by atoms with Crippen LogP contribution in [0.2, 0.25) is 0 Å². The van der Waals surface area contributed by atoms with Crippen molar-refractivity contribution in [2.24, 2.45) is 5.41 Å². The predicted octanol–water partition coefficient (Wildman–Crippen LogP) is 15.5. The van der Waals surface area contributed by atoms with Crippen LogP contribution in [0.15, 0.2) is 182 Å². The lowest BCUT2D eigenvalue weighted by atomic mass is 9.70. The van der Waals surface area contributed by atoms with Gasteiger partial charge in [0.15, 0.2) is 0 Å². The van der Waals surface area contributed by atoms with E-state index in [4.69, 9.17) is 19.9 Å². The minimum atomic E-state index is -0.0471. The number of para-hydroxylation sites is 6. The standard InChI is InChI=1S/C60H44N6S/c1-59(2)46-34-35-60(59,3)56-51(46)63-52-53(64-56)55(43-31-33-45(41-25-13-11-23-39(41)43)58-62-48-27-15-17-29-50(48)66(58)37-20-8-5-9-21-37)67-54(52)42-30-32-44(40-24-12-10-22-38(40)42)57-61-47-26-14-16-28-49(47)65(57)36-18-6-4-7-19-36/h4-33,46H,34-35H2,1-3H3. The molecule has 0 amide bonds. The second-order valence-electron chi connectivity index (χ2n) is 19.2. The van der Waals surface area contributed by atoms with Gasteiger partial charge in [-0.2, -0.15) is 0 Å². The number of hydrogen-bond acceptors (Lipinski definition) is 5. The first-order chi connectivity index (χ1) is 32.9. The van der Waals surface area contributed by atoms with Gasteiger partial charge in [-0.1, -0.05) is 142 Å². The van der Waals surface area contributed by atoms with Gasteiger partial charge in [0.05, 0.1) is 43.2 Å². The first-order valence-electron chi connectivity index (χ1n) is 23.3. The largest absolute Gasteiger partial charge is 0.292 e. The van der Waals surface area contributed by atoms with E-state index in [1.165, 1.54) is 11.4 Å². The average Bonchev–Trinajstić information content (AvgIpc) is 4.15. The molecule has 14 rings (SSSR count). The van der Waals surface area contributed by atoms with E-state index >= 15 is 0 Å². The molecule has 8 aromatic carbocycles. The first-order valence-corrected chi connectivity index (χ1v) is 24.1. The maximum Gasteiger partial charge on any atom is 0.146 e. The Balaban J connectivity index is 1.02. The van der Waals surface area contributed by atoms with E-state index < -0.39 is 0 Å². The van der Waals surface area contributed by atoms with Crippen molar-refractivity contribution >= 4 is 66.0 Å². The van der Waals surface area contributed by atoms with Gasteiger partial charge < -0.3 is 0 Å². The second kappa shape index (κ2) is 14.1. The van der Waals surface area contributed by atoms with Gasteiger partial charge in [-0.05, 0) is 100 Å². The maximum absolute atomic E-state index is 5.83. The van der Waals surface area contributed by atoms with Gasteiger partial charge in [-0.15, -0.1) is 11.3 Å². The van der Waals surface area contributed by atoms with Gasteiger partial charge in [-0.3, -0.25) is 9.13 Å². The zero-order chi connectivity index (χ0) is 44.6. The molecule has 7 heteroatoms. The van der Waals surface area contributed by atoms with E-state index in [1.54, 1.807) is 0 Å². The van der Waals surface area contributed by atoms with Gasteiger partial charge >= 0.3 is 0 Å². The van der Waals surface area contributed by atoms with Crippen molar-refractivity contribution in [1.29, 1.82) is 0 Å². The Labute approximate surface area is 391 Å². The molecule has 1 saturated carbocycles. The van der Waals surface area contributed by atoms with E-state index in [0.29, 0.717) is 5.92 Å². The summed E-state index contributed by atoms with van der Waals surface area (Å²) < 4.78 is 4.59. The topological polar surface area (TPSA) is 61.4 Å². The van der Waals surface area contributed by atoms with Gasteiger partial charge in [0.25, 0.3) is 0 Å². The average molecular weight is 881 g/mol. The van der Waals surface area contributed by atoms with E-state index in [9.17, 15) is 0 Å². The van der Waals surface area contributed by atoms with E-state index in [1.807, 2.05) is 11.3 Å². The molecule has 4 heterocycles. The molecule has 2 bridgehead atoms. The molecule has 6 nitrogen and oxygen atoms in total. The normalized spacial score (nSPS) is 17.4. The summed E-state index contributed by atoms with van der Waals surface area (Å²) in [6.45, 7) is 7.31. The highest BCUT2D eigenvalue weighted by Gasteiger charge is 2.61. The Morgan fingerprint density at radius 1 is 0.448 bits per heavy atom. The molecule has 0 saturated heterocycles. The molecular weight excluding hydrogens is 837 g/mol. The molecule has 4 aromatic heterocycles. The molecule has 0 N–H and O–H groups in total. The minimum absolute atomic E-state index is 0.0471. The summed E-state index contributed by atoms with van der Waals surface area (Å²) in [5.74, 6) is 2.21. The van der Waals surface area contributed by atoms with Crippen molar-refractivity contribution < 1.29 is 0 Å². The monoisotopic (exact) mass is 880 g/mol. The molecule has 12 aromatic rings. The Hall–Kier alpha value is -7.74. The Kier molecular flexibility index (Phi) is 8.13. The molecule has 0 aliphatic heterocycles. The molecule has 2 unspecified atom stereocenters. The minimum Gasteiger partial charge on any atom is -0.292 e. The Bertz CT molecular complexity index is 3990. The highest BCUT2D eigenvalue weighted by Crippen LogP contribution is 2.67. The van der Waals surface area contributed by atoms with Gasteiger partial charge in [0.1, 0.15) is 22.7 Å². The summed E-state index contributed by atoms with van der Waals surface area (Å²) in [5, 5.41) is 4.62. The molecular formula is C60H44N6S. The van der Waals surface area contributed by atoms with Crippen LogP contribution >= 0.6 is 11.3 Å². The fourth-order valence-corrected chi connectivity index (χ4v) is 13.1. The smallest absolute Gasteiger partial charge is 0.146 e. The third-order valence-electron chi connectivity index (χ3n) is 15.6. The third-order valence-corrected chi connectivity index (χ3v) is 16.8. The number of hydrogen-bond donors (Lipinski definition) is 0. The molecule has 2 aliphatic rings. The van der Waals surface area contributed by atoms with Gasteiger partial charge in [0, 0.05) is 45.0 Å². The lowest BCUT2D eigenvalue weighted by Gasteiger charge is -2.34. The van der Waals surface area contributed by atoms with E-state index in [-0.39, 0.29) is 10.8 Å². The molecule has 320 valence electrons. The van der Waals surface area contributed by atoms with Gasteiger partial charge in [-0.25, -0.2) is 19.9 Å². The van der Waals surface area contributed by atoms with E-state index in [2.05, 4.69) is 212 Å². The Morgan fingerprint density at radius 3 is 1.37 bits per heavy atom. The maximum atomic E-state index is 5.83. The van der Waals surface area contributed by atoms with Crippen LogP contribution in [0.4, 0.5) is 0 Å². The fraction of sp³-hybridized carbons (Fsp3) is 0.133.